The minimum Gasteiger partial charge on any atom is -0.488 e. The smallest absolute Gasteiger partial charge is 0.221 e. The van der Waals surface area contributed by atoms with E-state index >= 15 is 0 Å². The number of benzene rings is 1. The van der Waals surface area contributed by atoms with Crippen molar-refractivity contribution in [1.82, 2.24) is 9.97 Å². The molecule has 2 heterocycles. The molecular formula is C22H24N2O3. The van der Waals surface area contributed by atoms with Gasteiger partial charge < -0.3 is 14.6 Å². The van der Waals surface area contributed by atoms with Gasteiger partial charge in [-0.05, 0) is 61.2 Å². The Morgan fingerprint density at radius 3 is 2.52 bits per heavy atom. The van der Waals surface area contributed by atoms with Gasteiger partial charge in [0.05, 0.1) is 13.2 Å². The number of pyridine rings is 2. The monoisotopic (exact) mass is 364 g/mol. The van der Waals surface area contributed by atoms with Gasteiger partial charge in [-0.25, -0.2) is 4.98 Å². The first-order chi connectivity index (χ1) is 13.2. The van der Waals surface area contributed by atoms with E-state index in [0.717, 1.165) is 28.9 Å². The minimum atomic E-state index is -0.552. The third-order valence-electron chi connectivity index (χ3n) is 4.45. The number of methoxy groups -OCH3 is 1. The third kappa shape index (κ3) is 5.05. The Bertz CT molecular complexity index is 838. The summed E-state index contributed by atoms with van der Waals surface area (Å²) in [5, 5.41) is 10.4. The molecule has 0 unspecified atom stereocenters. The Balaban J connectivity index is 1.58. The molecule has 0 saturated heterocycles. The van der Waals surface area contributed by atoms with E-state index < -0.39 is 6.10 Å². The second-order valence-corrected chi connectivity index (χ2v) is 6.37. The quantitative estimate of drug-likeness (QED) is 0.656. The van der Waals surface area contributed by atoms with Gasteiger partial charge in [-0.1, -0.05) is 18.2 Å². The van der Waals surface area contributed by atoms with Crippen LogP contribution in [0.3, 0.4) is 0 Å². The lowest BCUT2D eigenvalue weighted by atomic mass is 10.1. The van der Waals surface area contributed by atoms with Crippen LogP contribution in [0.4, 0.5) is 0 Å². The highest BCUT2D eigenvalue weighted by Gasteiger charge is 2.16. The fraction of sp³-hybridized carbons (Fsp3) is 0.273. The van der Waals surface area contributed by atoms with Gasteiger partial charge in [0, 0.05) is 24.2 Å². The lowest BCUT2D eigenvalue weighted by Crippen LogP contribution is -2.29. The maximum absolute atomic E-state index is 10.4. The number of aryl methyl sites for hydroxylation is 1. The molecule has 3 rings (SSSR count). The van der Waals surface area contributed by atoms with Crippen molar-refractivity contribution < 1.29 is 14.6 Å². The predicted octanol–water partition coefficient (Wildman–Crippen LogP) is 3.91. The summed E-state index contributed by atoms with van der Waals surface area (Å²) in [6.07, 6.45) is 5.80. The van der Waals surface area contributed by atoms with E-state index in [9.17, 15) is 5.11 Å². The van der Waals surface area contributed by atoms with Crippen LogP contribution in [-0.2, 0) is 6.42 Å². The number of aromatic nitrogens is 2. The molecule has 27 heavy (non-hydrogen) atoms. The molecule has 5 heteroatoms. The second-order valence-electron chi connectivity index (χ2n) is 6.37. The summed E-state index contributed by atoms with van der Waals surface area (Å²) in [6.45, 7) is 1.88. The van der Waals surface area contributed by atoms with Gasteiger partial charge in [-0.2, -0.15) is 0 Å². The van der Waals surface area contributed by atoms with Crippen molar-refractivity contribution in [1.29, 1.82) is 0 Å². The second kappa shape index (κ2) is 9.14. The topological polar surface area (TPSA) is 64.5 Å². The van der Waals surface area contributed by atoms with Gasteiger partial charge in [-0.3, -0.25) is 4.98 Å². The van der Waals surface area contributed by atoms with Crippen molar-refractivity contribution in [3.63, 3.8) is 0 Å². The zero-order valence-electron chi connectivity index (χ0n) is 15.6. The predicted molar refractivity (Wildman–Crippen MR) is 105 cm³/mol. The first-order valence-electron chi connectivity index (χ1n) is 9.00. The molecule has 2 atom stereocenters. The molecule has 0 radical (unpaired) electrons. The Hall–Kier alpha value is -2.92. The summed E-state index contributed by atoms with van der Waals surface area (Å²) in [4.78, 5) is 8.32. The normalized spacial score (nSPS) is 13.0. The highest BCUT2D eigenvalue weighted by molar-refractivity contribution is 5.68. The van der Waals surface area contributed by atoms with Crippen molar-refractivity contribution in [3.8, 4) is 22.8 Å². The molecule has 0 fully saturated rings. The van der Waals surface area contributed by atoms with Gasteiger partial charge in [-0.15, -0.1) is 0 Å². The molecule has 0 spiro atoms. The zero-order valence-corrected chi connectivity index (χ0v) is 15.6. The summed E-state index contributed by atoms with van der Waals surface area (Å²) < 4.78 is 11.2. The maximum Gasteiger partial charge on any atom is 0.221 e. The molecule has 0 saturated carbocycles. The van der Waals surface area contributed by atoms with Crippen LogP contribution in [0.5, 0.6) is 11.6 Å². The number of aliphatic hydroxyl groups excluding tert-OH is 1. The van der Waals surface area contributed by atoms with Crippen molar-refractivity contribution in [3.05, 3.63) is 72.7 Å². The van der Waals surface area contributed by atoms with E-state index in [4.69, 9.17) is 9.47 Å². The number of hydrogen-bond donors (Lipinski definition) is 1. The van der Waals surface area contributed by atoms with Crippen molar-refractivity contribution in [2.24, 2.45) is 0 Å². The van der Waals surface area contributed by atoms with Crippen LogP contribution in [0.25, 0.3) is 11.1 Å². The molecule has 1 N–H and O–H groups in total. The summed E-state index contributed by atoms with van der Waals surface area (Å²) in [6, 6.07) is 15.5. The average molecular weight is 364 g/mol. The Morgan fingerprint density at radius 2 is 1.81 bits per heavy atom. The summed E-state index contributed by atoms with van der Waals surface area (Å²) in [5.74, 6) is 1.31. The number of aliphatic hydroxyl groups is 1. The molecule has 0 aliphatic carbocycles. The Morgan fingerprint density at radius 1 is 1.04 bits per heavy atom. The van der Waals surface area contributed by atoms with Crippen molar-refractivity contribution in [2.45, 2.75) is 32.0 Å². The molecule has 3 aromatic rings. The van der Waals surface area contributed by atoms with Crippen LogP contribution in [0, 0.1) is 0 Å². The standard InChI is InChI=1S/C22H24N2O3/c1-16(21(25)12-7-17-5-3-13-23-15-17)27-19-10-8-18(9-11-19)20-6-4-14-24-22(20)26-2/h3-6,8-11,13-16,21,25H,7,12H2,1-2H3/t16-,21+/m0/s1. The molecular weight excluding hydrogens is 340 g/mol. The van der Waals surface area contributed by atoms with Crippen LogP contribution in [0.2, 0.25) is 0 Å². The SMILES string of the molecule is COc1ncccc1-c1ccc(O[C@@H](C)[C@H](O)CCc2cccnc2)cc1. The highest BCUT2D eigenvalue weighted by atomic mass is 16.5. The minimum absolute atomic E-state index is 0.305. The first kappa shape index (κ1) is 18.9. The van der Waals surface area contributed by atoms with Crippen molar-refractivity contribution >= 4 is 0 Å². The van der Waals surface area contributed by atoms with E-state index in [1.54, 1.807) is 19.5 Å². The number of nitrogens with zero attached hydrogens (tertiary/aromatic N) is 2. The number of rotatable bonds is 8. The van der Waals surface area contributed by atoms with Gasteiger partial charge in [0.15, 0.2) is 0 Å². The van der Waals surface area contributed by atoms with E-state index in [2.05, 4.69) is 9.97 Å². The molecule has 2 aromatic heterocycles. The Kier molecular flexibility index (Phi) is 6.39. The van der Waals surface area contributed by atoms with Gasteiger partial charge in [0.2, 0.25) is 5.88 Å². The fourth-order valence-corrected chi connectivity index (χ4v) is 2.87. The number of ether oxygens (including phenoxy) is 2. The maximum atomic E-state index is 10.4. The summed E-state index contributed by atoms with van der Waals surface area (Å²) in [5.41, 5.74) is 3.03. The van der Waals surface area contributed by atoms with Crippen LogP contribution in [0.1, 0.15) is 18.9 Å². The summed E-state index contributed by atoms with van der Waals surface area (Å²) >= 11 is 0. The summed E-state index contributed by atoms with van der Waals surface area (Å²) in [7, 11) is 1.61. The van der Waals surface area contributed by atoms with E-state index in [0.29, 0.717) is 12.3 Å². The highest BCUT2D eigenvalue weighted by Crippen LogP contribution is 2.29. The third-order valence-corrected chi connectivity index (χ3v) is 4.45. The molecule has 0 aliphatic heterocycles. The number of hydrogen-bond acceptors (Lipinski definition) is 5. The van der Waals surface area contributed by atoms with Crippen molar-refractivity contribution in [2.75, 3.05) is 7.11 Å². The van der Waals surface area contributed by atoms with E-state index in [-0.39, 0.29) is 6.10 Å². The van der Waals surface area contributed by atoms with Gasteiger partial charge in [0.1, 0.15) is 11.9 Å². The first-order valence-corrected chi connectivity index (χ1v) is 9.00. The Labute approximate surface area is 159 Å². The molecule has 0 bridgehead atoms. The molecule has 1 aromatic carbocycles. The van der Waals surface area contributed by atoms with Gasteiger partial charge >= 0.3 is 0 Å². The lowest BCUT2D eigenvalue weighted by molar-refractivity contribution is 0.0420. The van der Waals surface area contributed by atoms with Crippen LogP contribution in [-0.4, -0.2) is 34.4 Å². The fourth-order valence-electron chi connectivity index (χ4n) is 2.87. The van der Waals surface area contributed by atoms with E-state index in [1.165, 1.54) is 0 Å². The average Bonchev–Trinajstić information content (AvgIpc) is 2.73. The molecule has 0 amide bonds. The lowest BCUT2D eigenvalue weighted by Gasteiger charge is -2.20. The molecule has 5 nitrogen and oxygen atoms in total. The van der Waals surface area contributed by atoms with Crippen LogP contribution >= 0.6 is 0 Å². The van der Waals surface area contributed by atoms with Gasteiger partial charge in [0.25, 0.3) is 0 Å². The molecule has 0 aliphatic rings. The van der Waals surface area contributed by atoms with E-state index in [1.807, 2.05) is 61.7 Å². The largest absolute Gasteiger partial charge is 0.488 e. The zero-order chi connectivity index (χ0) is 19.1. The van der Waals surface area contributed by atoms with Crippen LogP contribution < -0.4 is 9.47 Å². The van der Waals surface area contributed by atoms with Crippen LogP contribution in [0.15, 0.2) is 67.1 Å². The molecule has 140 valence electrons.